The highest BCUT2D eigenvalue weighted by molar-refractivity contribution is 5.73. The van der Waals surface area contributed by atoms with Crippen LogP contribution >= 0.6 is 0 Å². The molecule has 8 heteroatoms. The van der Waals surface area contributed by atoms with Crippen molar-refractivity contribution < 1.29 is 4.74 Å². The van der Waals surface area contributed by atoms with Gasteiger partial charge in [-0.25, -0.2) is 9.97 Å². The van der Waals surface area contributed by atoms with Crippen LogP contribution in [0, 0.1) is 0 Å². The summed E-state index contributed by atoms with van der Waals surface area (Å²) in [4.78, 5) is 9.41. The van der Waals surface area contributed by atoms with E-state index in [2.05, 4.69) is 25.8 Å². The quantitative estimate of drug-likeness (QED) is 0.486. The third-order valence-corrected chi connectivity index (χ3v) is 5.30. The molecule has 4 aromatic rings. The van der Waals surface area contributed by atoms with Gasteiger partial charge in [-0.15, -0.1) is 0 Å². The van der Waals surface area contributed by atoms with Crippen LogP contribution in [0.4, 0.5) is 5.82 Å². The number of aromatic nitrogens is 5. The Balaban J connectivity index is 1.53. The van der Waals surface area contributed by atoms with Crippen molar-refractivity contribution in [2.45, 2.75) is 18.9 Å². The maximum absolute atomic E-state index is 5.57. The first-order valence-corrected chi connectivity index (χ1v) is 9.81. The molecule has 5 rings (SSSR count). The number of hydrogen-bond donors (Lipinski definition) is 3. The van der Waals surface area contributed by atoms with Crippen LogP contribution in [0.2, 0.25) is 0 Å². The van der Waals surface area contributed by atoms with Crippen molar-refractivity contribution in [3.63, 3.8) is 0 Å². The molecular weight excluding hydrogens is 366 g/mol. The molecular formula is C21H23N7O. The number of anilines is 1. The number of piperidine rings is 1. The molecule has 1 unspecified atom stereocenters. The first kappa shape index (κ1) is 17.7. The highest BCUT2D eigenvalue weighted by Crippen LogP contribution is 2.32. The molecule has 8 nitrogen and oxygen atoms in total. The Bertz CT molecular complexity index is 1110. The lowest BCUT2D eigenvalue weighted by molar-refractivity contribution is 0.416. The summed E-state index contributed by atoms with van der Waals surface area (Å²) in [7, 11) is 1.66. The number of nitrogens with one attached hydrogen (secondary N) is 3. The third-order valence-electron chi connectivity index (χ3n) is 5.30. The average Bonchev–Trinajstić information content (AvgIpc) is 3.43. The second-order valence-corrected chi connectivity index (χ2v) is 7.21. The molecule has 0 radical (unpaired) electrons. The summed E-state index contributed by atoms with van der Waals surface area (Å²) in [6.45, 7) is 2.06. The van der Waals surface area contributed by atoms with Crippen LogP contribution in [0.5, 0.6) is 5.75 Å². The maximum atomic E-state index is 5.57. The van der Waals surface area contributed by atoms with E-state index in [0.29, 0.717) is 6.04 Å². The number of hydrogen-bond acceptors (Lipinski definition) is 6. The fraction of sp³-hybridized carbons (Fsp3) is 0.286. The van der Waals surface area contributed by atoms with Crippen molar-refractivity contribution in [2.24, 2.45) is 0 Å². The first-order valence-electron chi connectivity index (χ1n) is 9.81. The van der Waals surface area contributed by atoms with Gasteiger partial charge in [0.15, 0.2) is 0 Å². The Morgan fingerprint density at radius 3 is 3.03 bits per heavy atom. The molecule has 4 aromatic heterocycles. The number of fused-ring (bicyclic) bond motifs is 1. The van der Waals surface area contributed by atoms with Crippen molar-refractivity contribution in [1.29, 1.82) is 0 Å². The number of ether oxygens (including phenoxy) is 1. The number of imidazole rings is 1. The van der Waals surface area contributed by atoms with Crippen molar-refractivity contribution in [1.82, 2.24) is 29.9 Å². The van der Waals surface area contributed by atoms with Gasteiger partial charge in [-0.1, -0.05) is 6.07 Å². The molecule has 148 valence electrons. The highest BCUT2D eigenvalue weighted by Gasteiger charge is 2.16. The smallest absolute Gasteiger partial charge is 0.140 e. The summed E-state index contributed by atoms with van der Waals surface area (Å²) in [5.41, 5.74) is 4.50. The molecule has 0 amide bonds. The Kier molecular flexibility index (Phi) is 4.61. The molecule has 1 fully saturated rings. The lowest BCUT2D eigenvalue weighted by Crippen LogP contribution is -2.38. The van der Waals surface area contributed by atoms with Gasteiger partial charge in [-0.05, 0) is 31.5 Å². The third kappa shape index (κ3) is 3.42. The fourth-order valence-corrected chi connectivity index (χ4v) is 3.82. The lowest BCUT2D eigenvalue weighted by atomic mass is 10.1. The summed E-state index contributed by atoms with van der Waals surface area (Å²) < 4.78 is 7.61. The Labute approximate surface area is 168 Å². The van der Waals surface area contributed by atoms with E-state index in [1.807, 2.05) is 47.3 Å². The first-order chi connectivity index (χ1) is 14.3. The monoisotopic (exact) mass is 389 g/mol. The van der Waals surface area contributed by atoms with E-state index in [9.17, 15) is 0 Å². The minimum atomic E-state index is 0.408. The Morgan fingerprint density at radius 1 is 1.28 bits per heavy atom. The summed E-state index contributed by atoms with van der Waals surface area (Å²) in [6.07, 6.45) is 9.84. The number of methoxy groups -OCH3 is 1. The van der Waals surface area contributed by atoms with Gasteiger partial charge in [0.2, 0.25) is 0 Å². The summed E-state index contributed by atoms with van der Waals surface area (Å²) in [5.74, 6) is 1.64. The normalized spacial score (nSPS) is 16.8. The van der Waals surface area contributed by atoms with E-state index in [4.69, 9.17) is 9.72 Å². The standard InChI is InChI=1S/C21H23N7O/c1-29-19-8-21-23-12-18(28(21)13-16(19)14-9-24-25-10-14)17-5-2-6-20(27-17)26-15-4-3-7-22-11-15/h2,5-6,8-10,12-13,15,22H,3-4,7,11H2,1H3,(H,24,25)(H,26,27). The van der Waals surface area contributed by atoms with Crippen LogP contribution < -0.4 is 15.4 Å². The number of pyridine rings is 2. The molecule has 1 aliphatic heterocycles. The van der Waals surface area contributed by atoms with Gasteiger partial charge in [0.25, 0.3) is 0 Å². The average molecular weight is 389 g/mol. The highest BCUT2D eigenvalue weighted by atomic mass is 16.5. The Morgan fingerprint density at radius 2 is 2.24 bits per heavy atom. The molecule has 1 aliphatic rings. The van der Waals surface area contributed by atoms with Gasteiger partial charge in [-0.3, -0.25) is 9.50 Å². The molecule has 29 heavy (non-hydrogen) atoms. The van der Waals surface area contributed by atoms with E-state index >= 15 is 0 Å². The second-order valence-electron chi connectivity index (χ2n) is 7.21. The van der Waals surface area contributed by atoms with Crippen molar-refractivity contribution >= 4 is 11.5 Å². The minimum Gasteiger partial charge on any atom is -0.496 e. The molecule has 0 saturated carbocycles. The predicted molar refractivity (Wildman–Crippen MR) is 112 cm³/mol. The zero-order chi connectivity index (χ0) is 19.6. The minimum absolute atomic E-state index is 0.408. The summed E-state index contributed by atoms with van der Waals surface area (Å²) >= 11 is 0. The molecule has 5 heterocycles. The number of rotatable bonds is 5. The van der Waals surface area contributed by atoms with Crippen LogP contribution in [0.15, 0.2) is 49.1 Å². The van der Waals surface area contributed by atoms with E-state index in [1.165, 1.54) is 6.42 Å². The zero-order valence-electron chi connectivity index (χ0n) is 16.2. The van der Waals surface area contributed by atoms with Crippen molar-refractivity contribution in [2.75, 3.05) is 25.5 Å². The van der Waals surface area contributed by atoms with Gasteiger partial charge < -0.3 is 15.4 Å². The summed E-state index contributed by atoms with van der Waals surface area (Å²) in [6, 6.07) is 8.39. The summed E-state index contributed by atoms with van der Waals surface area (Å²) in [5, 5.41) is 13.9. The number of H-pyrrole nitrogens is 1. The van der Waals surface area contributed by atoms with Gasteiger partial charge in [0.1, 0.15) is 17.2 Å². The number of aromatic amines is 1. The molecule has 0 spiro atoms. The lowest BCUT2D eigenvalue weighted by Gasteiger charge is -2.24. The molecule has 0 bridgehead atoms. The molecule has 0 aliphatic carbocycles. The molecule has 1 saturated heterocycles. The topological polar surface area (TPSA) is 92.2 Å². The predicted octanol–water partition coefficient (Wildman–Crippen LogP) is 2.96. The van der Waals surface area contributed by atoms with Crippen LogP contribution in [-0.4, -0.2) is 50.8 Å². The van der Waals surface area contributed by atoms with E-state index in [1.54, 1.807) is 13.3 Å². The van der Waals surface area contributed by atoms with Gasteiger partial charge in [0, 0.05) is 42.2 Å². The molecule has 1 atom stereocenters. The molecule has 3 N–H and O–H groups in total. The van der Waals surface area contributed by atoms with Crippen LogP contribution in [0.1, 0.15) is 12.8 Å². The van der Waals surface area contributed by atoms with Crippen molar-refractivity contribution in [3.05, 3.63) is 49.1 Å². The van der Waals surface area contributed by atoms with E-state index in [0.717, 1.165) is 59.2 Å². The van der Waals surface area contributed by atoms with Gasteiger partial charge in [-0.2, -0.15) is 5.10 Å². The maximum Gasteiger partial charge on any atom is 0.140 e. The van der Waals surface area contributed by atoms with E-state index in [-0.39, 0.29) is 0 Å². The molecule has 0 aromatic carbocycles. The van der Waals surface area contributed by atoms with E-state index < -0.39 is 0 Å². The van der Waals surface area contributed by atoms with Gasteiger partial charge in [0.05, 0.1) is 30.9 Å². The second kappa shape index (κ2) is 7.56. The van der Waals surface area contributed by atoms with Gasteiger partial charge >= 0.3 is 0 Å². The largest absolute Gasteiger partial charge is 0.496 e. The van der Waals surface area contributed by atoms with Crippen LogP contribution in [0.3, 0.4) is 0 Å². The van der Waals surface area contributed by atoms with Crippen molar-refractivity contribution in [3.8, 4) is 28.3 Å². The fourth-order valence-electron chi connectivity index (χ4n) is 3.82. The SMILES string of the molecule is COc1cc2ncc(-c3cccc(NC4CCCNC4)n3)n2cc1-c1cn[nH]c1. The number of nitrogens with zero attached hydrogens (tertiary/aromatic N) is 4. The Hall–Kier alpha value is -3.39. The van der Waals surface area contributed by atoms with Crippen LogP contribution in [-0.2, 0) is 0 Å². The zero-order valence-corrected chi connectivity index (χ0v) is 16.2. The van der Waals surface area contributed by atoms with Crippen LogP contribution in [0.25, 0.3) is 28.2 Å².